The normalized spacial score (nSPS) is 13.3. The van der Waals surface area contributed by atoms with Crippen molar-refractivity contribution < 1.29 is 18.7 Å². The Kier molecular flexibility index (Phi) is 7.97. The van der Waals surface area contributed by atoms with Crippen LogP contribution in [0, 0.1) is 6.92 Å². The molecule has 10 heteroatoms. The molecule has 0 amide bonds. The number of esters is 1. The number of furan rings is 1. The van der Waals surface area contributed by atoms with Crippen LogP contribution in [0.4, 0.5) is 5.69 Å². The standard InChI is InChI=1S/C28H28N6O4.C2H6/c1-4-37-28(35)24-13-21(19-7-5-6-18(2)12-19)31-34(24)26-15-23(33-8-10-36-11-9-33)27-22(30-26)14-25(38-27)20-16-29-32(3)17-20;1-2/h5-7,12-17H,4,8-11H2,1-3H3;1-2H3. The van der Waals surface area contributed by atoms with E-state index in [0.717, 1.165) is 22.4 Å². The van der Waals surface area contributed by atoms with E-state index in [1.54, 1.807) is 28.6 Å². The number of pyridine rings is 1. The van der Waals surface area contributed by atoms with Crippen LogP contribution < -0.4 is 4.90 Å². The lowest BCUT2D eigenvalue weighted by molar-refractivity contribution is 0.0515. The lowest BCUT2D eigenvalue weighted by Crippen LogP contribution is -2.36. The average Bonchev–Trinajstić information content (AvgIpc) is 3.72. The van der Waals surface area contributed by atoms with Crippen molar-refractivity contribution in [3.8, 4) is 28.4 Å². The van der Waals surface area contributed by atoms with Crippen LogP contribution in [0.25, 0.3) is 39.5 Å². The topological polar surface area (TPSA) is 100 Å². The number of hydrogen-bond donors (Lipinski definition) is 0. The van der Waals surface area contributed by atoms with Gasteiger partial charge < -0.3 is 18.8 Å². The van der Waals surface area contributed by atoms with Gasteiger partial charge in [0.15, 0.2) is 17.1 Å². The summed E-state index contributed by atoms with van der Waals surface area (Å²) < 4.78 is 20.6. The monoisotopic (exact) mass is 542 g/mol. The molecule has 208 valence electrons. The first-order valence-electron chi connectivity index (χ1n) is 13.6. The highest BCUT2D eigenvalue weighted by Gasteiger charge is 2.24. The predicted octanol–water partition coefficient (Wildman–Crippen LogP) is 5.43. The average molecular weight is 543 g/mol. The fourth-order valence-electron chi connectivity index (χ4n) is 4.68. The molecule has 0 radical (unpaired) electrons. The smallest absolute Gasteiger partial charge is 0.357 e. The number of hydrogen-bond acceptors (Lipinski definition) is 8. The minimum absolute atomic E-state index is 0.255. The first-order valence-corrected chi connectivity index (χ1v) is 13.6. The van der Waals surface area contributed by atoms with Gasteiger partial charge in [-0.3, -0.25) is 4.68 Å². The van der Waals surface area contributed by atoms with E-state index >= 15 is 0 Å². The van der Waals surface area contributed by atoms with E-state index in [2.05, 4.69) is 10.00 Å². The van der Waals surface area contributed by atoms with Crippen LogP contribution in [-0.4, -0.2) is 63.4 Å². The summed E-state index contributed by atoms with van der Waals surface area (Å²) in [6.07, 6.45) is 3.65. The van der Waals surface area contributed by atoms with Crippen molar-refractivity contribution in [1.82, 2.24) is 24.5 Å². The maximum Gasteiger partial charge on any atom is 0.357 e. The van der Waals surface area contributed by atoms with E-state index in [4.69, 9.17) is 24.0 Å². The Morgan fingerprint density at radius 2 is 1.88 bits per heavy atom. The van der Waals surface area contributed by atoms with Crippen LogP contribution in [0.1, 0.15) is 36.8 Å². The van der Waals surface area contributed by atoms with Crippen LogP contribution in [-0.2, 0) is 16.5 Å². The van der Waals surface area contributed by atoms with Gasteiger partial charge in [-0.15, -0.1) is 0 Å². The summed E-state index contributed by atoms with van der Waals surface area (Å²) in [7, 11) is 1.86. The molecule has 5 aromatic rings. The number of morpholine rings is 1. The number of ether oxygens (including phenoxy) is 2. The van der Waals surface area contributed by atoms with Gasteiger partial charge in [-0.25, -0.2) is 14.5 Å². The van der Waals surface area contributed by atoms with Crippen LogP contribution in [0.3, 0.4) is 0 Å². The number of aryl methyl sites for hydroxylation is 2. The Morgan fingerprint density at radius 1 is 1.07 bits per heavy atom. The Balaban J connectivity index is 0.00000158. The zero-order valence-corrected chi connectivity index (χ0v) is 23.5. The minimum Gasteiger partial charge on any atom is -0.461 e. The molecule has 0 atom stereocenters. The summed E-state index contributed by atoms with van der Waals surface area (Å²) in [5.41, 5.74) is 6.02. The number of fused-ring (bicyclic) bond motifs is 1. The van der Waals surface area contributed by atoms with Gasteiger partial charge in [-0.1, -0.05) is 37.6 Å². The molecule has 0 spiro atoms. The van der Waals surface area contributed by atoms with E-state index in [-0.39, 0.29) is 6.61 Å². The fourth-order valence-corrected chi connectivity index (χ4v) is 4.68. The molecule has 1 aromatic carbocycles. The third-order valence-corrected chi connectivity index (χ3v) is 6.51. The third-order valence-electron chi connectivity index (χ3n) is 6.51. The number of aromatic nitrogens is 5. The van der Waals surface area contributed by atoms with Crippen LogP contribution in [0.2, 0.25) is 0 Å². The molecule has 1 aliphatic rings. The highest BCUT2D eigenvalue weighted by molar-refractivity contribution is 5.93. The second-order valence-electron chi connectivity index (χ2n) is 9.24. The molecule has 0 saturated carbocycles. The summed E-state index contributed by atoms with van der Waals surface area (Å²) in [5, 5.41) is 9.09. The van der Waals surface area contributed by atoms with E-state index in [0.29, 0.717) is 60.4 Å². The van der Waals surface area contributed by atoms with E-state index < -0.39 is 5.97 Å². The molecule has 1 fully saturated rings. The second kappa shape index (κ2) is 11.7. The molecule has 0 bridgehead atoms. The van der Waals surface area contributed by atoms with Gasteiger partial charge in [0.25, 0.3) is 0 Å². The molecule has 10 nitrogen and oxygen atoms in total. The summed E-state index contributed by atoms with van der Waals surface area (Å²) in [4.78, 5) is 20.1. The number of nitrogens with zero attached hydrogens (tertiary/aromatic N) is 6. The molecule has 4 aromatic heterocycles. The van der Waals surface area contributed by atoms with Gasteiger partial charge >= 0.3 is 5.97 Å². The van der Waals surface area contributed by atoms with E-state index in [1.807, 2.05) is 70.4 Å². The number of rotatable bonds is 6. The van der Waals surface area contributed by atoms with Crippen LogP contribution in [0.5, 0.6) is 0 Å². The molecule has 6 rings (SSSR count). The third kappa shape index (κ3) is 5.35. The van der Waals surface area contributed by atoms with Crippen LogP contribution >= 0.6 is 0 Å². The zero-order valence-electron chi connectivity index (χ0n) is 23.5. The Bertz CT molecular complexity index is 1630. The maximum absolute atomic E-state index is 13.0. The summed E-state index contributed by atoms with van der Waals surface area (Å²) in [6.45, 7) is 10.7. The Hall–Kier alpha value is -4.44. The highest BCUT2D eigenvalue weighted by atomic mass is 16.5. The van der Waals surface area contributed by atoms with Gasteiger partial charge in [0.2, 0.25) is 0 Å². The molecule has 0 unspecified atom stereocenters. The molecule has 0 aliphatic carbocycles. The summed E-state index contributed by atoms with van der Waals surface area (Å²) >= 11 is 0. The quantitative estimate of drug-likeness (QED) is 0.262. The zero-order chi connectivity index (χ0) is 28.2. The number of carbonyl (C=O) groups excluding carboxylic acids is 1. The molecule has 40 heavy (non-hydrogen) atoms. The second-order valence-corrected chi connectivity index (χ2v) is 9.24. The predicted molar refractivity (Wildman–Crippen MR) is 154 cm³/mol. The highest BCUT2D eigenvalue weighted by Crippen LogP contribution is 2.35. The Labute approximate surface area is 233 Å². The maximum atomic E-state index is 13.0. The van der Waals surface area contributed by atoms with Gasteiger partial charge in [0, 0.05) is 44.0 Å². The van der Waals surface area contributed by atoms with Crippen molar-refractivity contribution in [2.45, 2.75) is 27.7 Å². The molecule has 5 heterocycles. The van der Waals surface area contributed by atoms with E-state index in [1.165, 1.54) is 0 Å². The van der Waals surface area contributed by atoms with Gasteiger partial charge in [-0.05, 0) is 26.0 Å². The minimum atomic E-state index is -0.461. The number of carbonyl (C=O) groups is 1. The number of anilines is 1. The van der Waals surface area contributed by atoms with Crippen molar-refractivity contribution in [2.75, 3.05) is 37.8 Å². The fraction of sp³-hybridized carbons (Fsp3) is 0.333. The largest absolute Gasteiger partial charge is 0.461 e. The lowest BCUT2D eigenvalue weighted by atomic mass is 10.1. The van der Waals surface area contributed by atoms with Crippen molar-refractivity contribution in [2.24, 2.45) is 7.05 Å². The van der Waals surface area contributed by atoms with E-state index in [9.17, 15) is 4.79 Å². The van der Waals surface area contributed by atoms with Gasteiger partial charge in [-0.2, -0.15) is 10.2 Å². The first-order chi connectivity index (χ1) is 19.5. The molecule has 0 N–H and O–H groups in total. The SMILES string of the molecule is CC.CCOC(=O)c1cc(-c2cccc(C)c2)nn1-c1cc(N2CCOCC2)c2oc(-c3cnn(C)c3)cc2n1. The Morgan fingerprint density at radius 3 is 2.58 bits per heavy atom. The van der Waals surface area contributed by atoms with Crippen molar-refractivity contribution in [3.63, 3.8) is 0 Å². The van der Waals surface area contributed by atoms with Gasteiger partial charge in [0.1, 0.15) is 11.3 Å². The first kappa shape index (κ1) is 27.1. The summed E-state index contributed by atoms with van der Waals surface area (Å²) in [6, 6.07) is 13.6. The molecule has 1 saturated heterocycles. The van der Waals surface area contributed by atoms with Gasteiger partial charge in [0.05, 0.1) is 43.0 Å². The molecular formula is C30H34N6O4. The number of benzene rings is 1. The van der Waals surface area contributed by atoms with Crippen molar-refractivity contribution in [1.29, 1.82) is 0 Å². The van der Waals surface area contributed by atoms with Crippen LogP contribution in [0.15, 0.2) is 59.3 Å². The van der Waals surface area contributed by atoms with Crippen molar-refractivity contribution in [3.05, 3.63) is 66.1 Å². The lowest BCUT2D eigenvalue weighted by Gasteiger charge is -2.29. The molecule has 1 aliphatic heterocycles. The summed E-state index contributed by atoms with van der Waals surface area (Å²) in [5.74, 6) is 0.704. The molecular weight excluding hydrogens is 508 g/mol. The van der Waals surface area contributed by atoms with Crippen molar-refractivity contribution >= 4 is 22.8 Å².